The number of benzene rings is 1. The van der Waals surface area contributed by atoms with Crippen molar-refractivity contribution in [3.63, 3.8) is 0 Å². The number of rotatable bonds is 4. The van der Waals surface area contributed by atoms with Crippen molar-refractivity contribution in [1.82, 2.24) is 10.6 Å². The molecular formula is C15H18N2O4. The molecule has 1 aliphatic heterocycles. The zero-order valence-electron chi connectivity index (χ0n) is 12.2. The van der Waals surface area contributed by atoms with Gasteiger partial charge in [0.2, 0.25) is 0 Å². The lowest BCUT2D eigenvalue weighted by atomic mass is 9.96. The molecule has 0 saturated heterocycles. The molecule has 0 spiro atoms. The zero-order valence-corrected chi connectivity index (χ0v) is 12.2. The maximum Gasteiger partial charge on any atom is 0.354 e. The van der Waals surface area contributed by atoms with E-state index in [0.717, 1.165) is 11.3 Å². The number of amides is 2. The summed E-state index contributed by atoms with van der Waals surface area (Å²) in [4.78, 5) is 23.6. The van der Waals surface area contributed by atoms with Gasteiger partial charge in [-0.15, -0.1) is 0 Å². The molecule has 6 heteroatoms. The fourth-order valence-electron chi connectivity index (χ4n) is 2.18. The normalized spacial score (nSPS) is 17.9. The van der Waals surface area contributed by atoms with Gasteiger partial charge in [0.25, 0.3) is 0 Å². The van der Waals surface area contributed by atoms with Gasteiger partial charge >= 0.3 is 12.0 Å². The molecule has 2 amide bonds. The molecule has 0 aromatic heterocycles. The summed E-state index contributed by atoms with van der Waals surface area (Å²) in [5.74, 6) is 0.203. The second-order valence-corrected chi connectivity index (χ2v) is 4.58. The van der Waals surface area contributed by atoms with Crippen LogP contribution in [0.15, 0.2) is 35.5 Å². The van der Waals surface area contributed by atoms with Crippen LogP contribution >= 0.6 is 0 Å². The van der Waals surface area contributed by atoms with Crippen LogP contribution in [0.4, 0.5) is 4.79 Å². The van der Waals surface area contributed by atoms with Gasteiger partial charge in [0.15, 0.2) is 0 Å². The molecule has 0 fully saturated rings. The monoisotopic (exact) mass is 290 g/mol. The standard InChI is InChI=1S/C15H18N2O4/c1-4-21-14(18)13-9(2)12(16-15(19)17-13)10-5-7-11(20-3)8-6-10/h5-8,12H,4H2,1-3H3,(H2,16,17,19)/t12-/m1/s1. The minimum Gasteiger partial charge on any atom is -0.497 e. The van der Waals surface area contributed by atoms with E-state index in [2.05, 4.69) is 10.6 Å². The second-order valence-electron chi connectivity index (χ2n) is 4.58. The Morgan fingerprint density at radius 1 is 1.29 bits per heavy atom. The maximum atomic E-state index is 11.9. The average Bonchev–Trinajstić information content (AvgIpc) is 2.49. The maximum absolute atomic E-state index is 11.9. The molecule has 21 heavy (non-hydrogen) atoms. The first-order valence-corrected chi connectivity index (χ1v) is 6.66. The summed E-state index contributed by atoms with van der Waals surface area (Å²) in [6, 6.07) is 6.51. The molecule has 6 nitrogen and oxygen atoms in total. The number of methoxy groups -OCH3 is 1. The van der Waals surface area contributed by atoms with Crippen LogP contribution in [0, 0.1) is 0 Å². The Bertz CT molecular complexity index is 578. The summed E-state index contributed by atoms with van der Waals surface area (Å²) in [6.07, 6.45) is 0. The van der Waals surface area contributed by atoms with E-state index in [4.69, 9.17) is 9.47 Å². The van der Waals surface area contributed by atoms with E-state index in [1.54, 1.807) is 33.1 Å². The van der Waals surface area contributed by atoms with Crippen molar-refractivity contribution >= 4 is 12.0 Å². The highest BCUT2D eigenvalue weighted by Gasteiger charge is 2.29. The average molecular weight is 290 g/mol. The number of hydrogen-bond donors (Lipinski definition) is 2. The fraction of sp³-hybridized carbons (Fsp3) is 0.333. The first-order chi connectivity index (χ1) is 10.1. The van der Waals surface area contributed by atoms with Crippen molar-refractivity contribution in [2.24, 2.45) is 0 Å². The van der Waals surface area contributed by atoms with Crippen LogP contribution in [0.1, 0.15) is 25.5 Å². The minimum atomic E-state index is -0.525. The highest BCUT2D eigenvalue weighted by molar-refractivity contribution is 5.96. The topological polar surface area (TPSA) is 76.7 Å². The minimum absolute atomic E-state index is 0.196. The van der Waals surface area contributed by atoms with Crippen molar-refractivity contribution in [2.45, 2.75) is 19.9 Å². The lowest BCUT2D eigenvalue weighted by Crippen LogP contribution is -2.45. The van der Waals surface area contributed by atoms with Gasteiger partial charge in [-0.25, -0.2) is 9.59 Å². The van der Waals surface area contributed by atoms with Gasteiger partial charge in [-0.1, -0.05) is 12.1 Å². The summed E-state index contributed by atoms with van der Waals surface area (Å²) >= 11 is 0. The van der Waals surface area contributed by atoms with Crippen LogP contribution in [0.2, 0.25) is 0 Å². The van der Waals surface area contributed by atoms with Gasteiger partial charge in [0.1, 0.15) is 11.4 Å². The molecule has 2 rings (SSSR count). The molecule has 1 aliphatic rings. The van der Waals surface area contributed by atoms with Crippen molar-refractivity contribution in [3.8, 4) is 5.75 Å². The van der Waals surface area contributed by atoms with Crippen LogP contribution < -0.4 is 15.4 Å². The van der Waals surface area contributed by atoms with Crippen molar-refractivity contribution in [3.05, 3.63) is 41.1 Å². The Morgan fingerprint density at radius 3 is 2.52 bits per heavy atom. The van der Waals surface area contributed by atoms with Crippen LogP contribution in [0.3, 0.4) is 0 Å². The molecule has 1 aromatic carbocycles. The largest absolute Gasteiger partial charge is 0.497 e. The Balaban J connectivity index is 2.34. The number of urea groups is 1. The van der Waals surface area contributed by atoms with Crippen LogP contribution in [0.25, 0.3) is 0 Å². The predicted molar refractivity (Wildman–Crippen MR) is 76.7 cm³/mol. The first kappa shape index (κ1) is 14.9. The fourth-order valence-corrected chi connectivity index (χ4v) is 2.18. The van der Waals surface area contributed by atoms with E-state index < -0.39 is 12.0 Å². The van der Waals surface area contributed by atoms with E-state index in [0.29, 0.717) is 5.57 Å². The molecule has 0 saturated carbocycles. The number of esters is 1. The Kier molecular flexibility index (Phi) is 4.47. The van der Waals surface area contributed by atoms with Gasteiger partial charge in [-0.2, -0.15) is 0 Å². The summed E-state index contributed by atoms with van der Waals surface area (Å²) in [5.41, 5.74) is 1.77. The lowest BCUT2D eigenvalue weighted by Gasteiger charge is -2.27. The third-order valence-electron chi connectivity index (χ3n) is 3.27. The van der Waals surface area contributed by atoms with Crippen LogP contribution in [-0.2, 0) is 9.53 Å². The molecular weight excluding hydrogens is 272 g/mol. The van der Waals surface area contributed by atoms with Crippen LogP contribution in [-0.4, -0.2) is 25.7 Å². The highest BCUT2D eigenvalue weighted by atomic mass is 16.5. The molecule has 0 aliphatic carbocycles. The second kappa shape index (κ2) is 6.30. The molecule has 2 N–H and O–H groups in total. The zero-order chi connectivity index (χ0) is 15.4. The van der Waals surface area contributed by atoms with Gasteiger partial charge in [0, 0.05) is 0 Å². The summed E-state index contributed by atoms with van der Waals surface area (Å²) in [5, 5.41) is 5.29. The van der Waals surface area contributed by atoms with E-state index in [1.165, 1.54) is 0 Å². The van der Waals surface area contributed by atoms with Crippen molar-refractivity contribution in [2.75, 3.05) is 13.7 Å². The molecule has 0 unspecified atom stereocenters. The quantitative estimate of drug-likeness (QED) is 0.830. The summed E-state index contributed by atoms with van der Waals surface area (Å²) in [7, 11) is 1.59. The van der Waals surface area contributed by atoms with E-state index >= 15 is 0 Å². The number of carbonyl (C=O) groups is 2. The molecule has 0 radical (unpaired) electrons. The Hall–Kier alpha value is -2.50. The number of ether oxygens (including phenoxy) is 2. The SMILES string of the molecule is CCOC(=O)C1=C(C)[C@H](c2ccc(OC)cc2)NC(=O)N1. The lowest BCUT2D eigenvalue weighted by molar-refractivity contribution is -0.139. The predicted octanol–water partition coefficient (Wildman–Crippen LogP) is 1.89. The third-order valence-corrected chi connectivity index (χ3v) is 3.27. The number of hydrogen-bond acceptors (Lipinski definition) is 4. The van der Waals surface area contributed by atoms with Gasteiger partial charge in [-0.05, 0) is 37.1 Å². The number of carbonyl (C=O) groups excluding carboxylic acids is 2. The van der Waals surface area contributed by atoms with Gasteiger partial charge < -0.3 is 20.1 Å². The van der Waals surface area contributed by atoms with Crippen molar-refractivity contribution < 1.29 is 19.1 Å². The van der Waals surface area contributed by atoms with Gasteiger partial charge in [0.05, 0.1) is 19.8 Å². The van der Waals surface area contributed by atoms with Crippen LogP contribution in [0.5, 0.6) is 5.75 Å². The molecule has 1 atom stereocenters. The highest BCUT2D eigenvalue weighted by Crippen LogP contribution is 2.27. The Labute approximate surface area is 123 Å². The van der Waals surface area contributed by atoms with Gasteiger partial charge in [-0.3, -0.25) is 0 Å². The third kappa shape index (κ3) is 3.16. The number of nitrogens with one attached hydrogen (secondary N) is 2. The molecule has 1 heterocycles. The molecule has 112 valence electrons. The molecule has 1 aromatic rings. The van der Waals surface area contributed by atoms with E-state index in [9.17, 15) is 9.59 Å². The summed E-state index contributed by atoms with van der Waals surface area (Å²) in [6.45, 7) is 3.76. The molecule has 0 bridgehead atoms. The van der Waals surface area contributed by atoms with E-state index in [1.807, 2.05) is 12.1 Å². The Morgan fingerprint density at radius 2 is 1.95 bits per heavy atom. The summed E-state index contributed by atoms with van der Waals surface area (Å²) < 4.78 is 10.1. The van der Waals surface area contributed by atoms with Crippen molar-refractivity contribution in [1.29, 1.82) is 0 Å². The smallest absolute Gasteiger partial charge is 0.354 e. The first-order valence-electron chi connectivity index (χ1n) is 6.66. The van der Waals surface area contributed by atoms with E-state index in [-0.39, 0.29) is 18.3 Å².